The molecule has 0 atom stereocenters. The molecule has 3 rings (SSSR count). The highest BCUT2D eigenvalue weighted by Crippen LogP contribution is 2.34. The van der Waals surface area contributed by atoms with Crippen LogP contribution in [0.25, 0.3) is 11.3 Å². The van der Waals surface area contributed by atoms with Crippen molar-refractivity contribution in [3.05, 3.63) is 74.9 Å². The molecule has 0 aliphatic rings. The second-order valence-corrected chi connectivity index (χ2v) is 6.65. The highest BCUT2D eigenvalue weighted by molar-refractivity contribution is 6.41. The Hall–Kier alpha value is -2.15. The van der Waals surface area contributed by atoms with Crippen LogP contribution < -0.4 is 5.43 Å². The summed E-state index contributed by atoms with van der Waals surface area (Å²) in [5.74, 6) is 0.612. The van der Waals surface area contributed by atoms with Crippen LogP contribution in [0.1, 0.15) is 11.3 Å². The van der Waals surface area contributed by atoms with Gasteiger partial charge >= 0.3 is 6.18 Å². The van der Waals surface area contributed by atoms with E-state index in [1.165, 1.54) is 30.5 Å². The van der Waals surface area contributed by atoms with Gasteiger partial charge in [0.15, 0.2) is 0 Å². The van der Waals surface area contributed by atoms with Crippen LogP contribution in [0.3, 0.4) is 0 Å². The summed E-state index contributed by atoms with van der Waals surface area (Å²) in [6.07, 6.45) is -3.08. The SMILES string of the molecule is FC(F)(F)c1cccc(-c2ccc(/C=N\Nc3c(Cl)cc(Cl)cc3Cl)o2)c1. The van der Waals surface area contributed by atoms with Crippen LogP contribution in [0, 0.1) is 0 Å². The molecule has 1 heterocycles. The first-order valence-electron chi connectivity index (χ1n) is 7.45. The minimum absolute atomic E-state index is 0.283. The molecule has 0 saturated heterocycles. The van der Waals surface area contributed by atoms with Crippen molar-refractivity contribution in [3.63, 3.8) is 0 Å². The number of anilines is 1. The van der Waals surface area contributed by atoms with Gasteiger partial charge in [-0.05, 0) is 36.4 Å². The number of hydrazone groups is 1. The summed E-state index contributed by atoms with van der Waals surface area (Å²) < 4.78 is 44.0. The molecule has 0 radical (unpaired) electrons. The van der Waals surface area contributed by atoms with E-state index in [4.69, 9.17) is 39.2 Å². The maximum absolute atomic E-state index is 12.8. The standard InChI is InChI=1S/C18H10Cl3F3N2O/c19-12-7-14(20)17(15(21)8-12)26-25-9-13-4-5-16(27-13)10-2-1-3-11(6-10)18(22,23)24/h1-9,26H/b25-9-. The summed E-state index contributed by atoms with van der Waals surface area (Å²) in [5, 5.41) is 4.92. The normalized spacial score (nSPS) is 11.9. The first-order valence-corrected chi connectivity index (χ1v) is 8.58. The van der Waals surface area contributed by atoms with Gasteiger partial charge in [-0.1, -0.05) is 46.9 Å². The Labute approximate surface area is 167 Å². The third kappa shape index (κ3) is 4.77. The van der Waals surface area contributed by atoms with E-state index in [0.29, 0.717) is 22.0 Å². The zero-order valence-corrected chi connectivity index (χ0v) is 15.6. The minimum Gasteiger partial charge on any atom is -0.455 e. The molecule has 0 fully saturated rings. The smallest absolute Gasteiger partial charge is 0.416 e. The Morgan fingerprint density at radius 2 is 1.67 bits per heavy atom. The number of benzene rings is 2. The first-order chi connectivity index (χ1) is 12.7. The maximum Gasteiger partial charge on any atom is 0.416 e. The van der Waals surface area contributed by atoms with Crippen molar-refractivity contribution < 1.29 is 17.6 Å². The molecule has 9 heteroatoms. The fraction of sp³-hybridized carbons (Fsp3) is 0.0556. The number of nitrogens with one attached hydrogen (secondary N) is 1. The van der Waals surface area contributed by atoms with Crippen LogP contribution in [-0.4, -0.2) is 6.21 Å². The Morgan fingerprint density at radius 3 is 2.33 bits per heavy atom. The Kier molecular flexibility index (Phi) is 5.69. The maximum atomic E-state index is 12.8. The zero-order chi connectivity index (χ0) is 19.6. The number of rotatable bonds is 4. The van der Waals surface area contributed by atoms with Crippen molar-refractivity contribution in [1.82, 2.24) is 0 Å². The average molecular weight is 434 g/mol. The van der Waals surface area contributed by atoms with Gasteiger partial charge in [-0.2, -0.15) is 18.3 Å². The monoisotopic (exact) mass is 432 g/mol. The lowest BCUT2D eigenvalue weighted by molar-refractivity contribution is -0.137. The third-order valence-electron chi connectivity index (χ3n) is 3.48. The van der Waals surface area contributed by atoms with Crippen molar-refractivity contribution in [1.29, 1.82) is 0 Å². The van der Waals surface area contributed by atoms with Crippen LogP contribution in [0.4, 0.5) is 18.9 Å². The van der Waals surface area contributed by atoms with E-state index in [1.807, 2.05) is 0 Å². The lowest BCUT2D eigenvalue weighted by Crippen LogP contribution is -2.04. The molecule has 27 heavy (non-hydrogen) atoms. The number of hydrogen-bond donors (Lipinski definition) is 1. The van der Waals surface area contributed by atoms with E-state index in [-0.39, 0.29) is 15.8 Å². The molecule has 0 spiro atoms. The highest BCUT2D eigenvalue weighted by Gasteiger charge is 2.30. The Balaban J connectivity index is 1.76. The molecule has 3 aromatic rings. The van der Waals surface area contributed by atoms with E-state index in [1.54, 1.807) is 12.1 Å². The van der Waals surface area contributed by atoms with E-state index in [9.17, 15) is 13.2 Å². The summed E-state index contributed by atoms with van der Waals surface area (Å²) >= 11 is 17.9. The van der Waals surface area contributed by atoms with Crippen molar-refractivity contribution in [2.75, 3.05) is 5.43 Å². The fourth-order valence-corrected chi connectivity index (χ4v) is 3.14. The molecule has 1 N–H and O–H groups in total. The Morgan fingerprint density at radius 1 is 0.963 bits per heavy atom. The van der Waals surface area contributed by atoms with Gasteiger partial charge < -0.3 is 4.42 Å². The van der Waals surface area contributed by atoms with Crippen molar-refractivity contribution in [2.45, 2.75) is 6.18 Å². The molecule has 0 bridgehead atoms. The van der Waals surface area contributed by atoms with Gasteiger partial charge in [0.1, 0.15) is 11.5 Å². The highest BCUT2D eigenvalue weighted by atomic mass is 35.5. The number of furan rings is 1. The number of halogens is 6. The van der Waals surface area contributed by atoms with Crippen LogP contribution in [0.2, 0.25) is 15.1 Å². The molecule has 0 amide bonds. The summed E-state index contributed by atoms with van der Waals surface area (Å²) in [6.45, 7) is 0. The van der Waals surface area contributed by atoms with Gasteiger partial charge in [0, 0.05) is 10.6 Å². The molecule has 0 unspecified atom stereocenters. The van der Waals surface area contributed by atoms with E-state index in [0.717, 1.165) is 12.1 Å². The molecule has 3 nitrogen and oxygen atoms in total. The lowest BCUT2D eigenvalue weighted by atomic mass is 10.1. The van der Waals surface area contributed by atoms with Crippen LogP contribution in [0.15, 0.2) is 58.0 Å². The first kappa shape index (κ1) is 19.6. The van der Waals surface area contributed by atoms with E-state index >= 15 is 0 Å². The van der Waals surface area contributed by atoms with Gasteiger partial charge in [-0.3, -0.25) is 5.43 Å². The minimum atomic E-state index is -4.42. The number of alkyl halides is 3. The van der Waals surface area contributed by atoms with Gasteiger partial charge in [0.2, 0.25) is 0 Å². The molecular formula is C18H10Cl3F3N2O. The predicted molar refractivity (Wildman–Crippen MR) is 102 cm³/mol. The number of hydrogen-bond acceptors (Lipinski definition) is 3. The molecule has 0 aliphatic carbocycles. The van der Waals surface area contributed by atoms with E-state index < -0.39 is 11.7 Å². The fourth-order valence-electron chi connectivity index (χ4n) is 2.24. The zero-order valence-electron chi connectivity index (χ0n) is 13.3. The van der Waals surface area contributed by atoms with Crippen molar-refractivity contribution >= 4 is 46.7 Å². The summed E-state index contributed by atoms with van der Waals surface area (Å²) in [7, 11) is 0. The third-order valence-corrected chi connectivity index (χ3v) is 4.29. The van der Waals surface area contributed by atoms with Crippen molar-refractivity contribution in [3.8, 4) is 11.3 Å². The topological polar surface area (TPSA) is 37.5 Å². The molecule has 1 aromatic heterocycles. The largest absolute Gasteiger partial charge is 0.455 e. The second-order valence-electron chi connectivity index (χ2n) is 5.40. The van der Waals surface area contributed by atoms with Gasteiger partial charge in [-0.15, -0.1) is 0 Å². The average Bonchev–Trinajstić information content (AvgIpc) is 3.05. The molecular weight excluding hydrogens is 424 g/mol. The van der Waals surface area contributed by atoms with Crippen LogP contribution in [-0.2, 0) is 6.18 Å². The van der Waals surface area contributed by atoms with Crippen LogP contribution in [0.5, 0.6) is 0 Å². The van der Waals surface area contributed by atoms with Gasteiger partial charge in [-0.25, -0.2) is 0 Å². The molecule has 2 aromatic carbocycles. The van der Waals surface area contributed by atoms with E-state index in [2.05, 4.69) is 10.5 Å². The summed E-state index contributed by atoms with van der Waals surface area (Å²) in [4.78, 5) is 0. The number of nitrogens with zero attached hydrogens (tertiary/aromatic N) is 1. The lowest BCUT2D eigenvalue weighted by Gasteiger charge is -2.07. The van der Waals surface area contributed by atoms with Gasteiger partial charge in [0.05, 0.1) is 27.5 Å². The molecule has 0 aliphatic heterocycles. The molecule has 140 valence electrons. The summed E-state index contributed by atoms with van der Waals surface area (Å²) in [5.41, 5.74) is 2.59. The molecule has 0 saturated carbocycles. The Bertz CT molecular complexity index is 977. The van der Waals surface area contributed by atoms with Crippen LogP contribution >= 0.6 is 34.8 Å². The second kappa shape index (κ2) is 7.84. The quantitative estimate of drug-likeness (QED) is 0.344. The van der Waals surface area contributed by atoms with Crippen molar-refractivity contribution in [2.24, 2.45) is 5.10 Å². The van der Waals surface area contributed by atoms with Gasteiger partial charge in [0.25, 0.3) is 0 Å². The summed E-state index contributed by atoms with van der Waals surface area (Å²) in [6, 6.07) is 11.0. The predicted octanol–water partition coefficient (Wildman–Crippen LogP) is 7.37.